The zero-order valence-electron chi connectivity index (χ0n) is 17.4. The first-order chi connectivity index (χ1) is 14.5. The minimum atomic E-state index is -3.26. The van der Waals surface area contributed by atoms with Crippen LogP contribution in [-0.4, -0.2) is 24.8 Å². The van der Waals surface area contributed by atoms with E-state index >= 15 is 0 Å². The van der Waals surface area contributed by atoms with Gasteiger partial charge in [-0.3, -0.25) is 9.79 Å². The van der Waals surface area contributed by atoms with Gasteiger partial charge in [-0.1, -0.05) is 36.4 Å². The highest BCUT2D eigenvalue weighted by Gasteiger charge is 2.25. The number of carbonyl (C=O) groups excluding carboxylic acids is 1. The van der Waals surface area contributed by atoms with Crippen LogP contribution in [0.3, 0.4) is 0 Å². The fourth-order valence-electron chi connectivity index (χ4n) is 2.58. The molecule has 8 heteroatoms. The lowest BCUT2D eigenvalue weighted by molar-refractivity contribution is -0.158. The molecular weight excluding hydrogens is 414 g/mol. The predicted molar refractivity (Wildman–Crippen MR) is 110 cm³/mol. The fraction of sp³-hybridized carbons (Fsp3) is 0.304. The van der Waals surface area contributed by atoms with Gasteiger partial charge in [0.2, 0.25) is 0 Å². The molecule has 0 fully saturated rings. The van der Waals surface area contributed by atoms with Crippen LogP contribution in [0.5, 0.6) is 5.75 Å². The van der Waals surface area contributed by atoms with E-state index < -0.39 is 17.8 Å². The lowest BCUT2D eigenvalue weighted by atomic mass is 10.00. The highest BCUT2D eigenvalue weighted by atomic mass is 19.3. The van der Waals surface area contributed by atoms with Gasteiger partial charge in [0.15, 0.2) is 5.78 Å². The molecule has 0 spiro atoms. The summed E-state index contributed by atoms with van der Waals surface area (Å²) in [4.78, 5) is 16.6. The molecule has 2 rings (SSSR count). The molecule has 0 aliphatic heterocycles. The number of aliphatic imine (C=N–C) groups is 1. The lowest BCUT2D eigenvalue weighted by Crippen LogP contribution is -2.18. The van der Waals surface area contributed by atoms with E-state index in [1.165, 1.54) is 42.6 Å². The second kappa shape index (κ2) is 10.3. The Morgan fingerprint density at radius 3 is 2.32 bits per heavy atom. The number of Topliss-reactive ketones (excluding diaryl/α,β-unsaturated/α-hetero) is 1. The molecule has 0 saturated carbocycles. The third kappa shape index (κ3) is 7.97. The third-order valence-electron chi connectivity index (χ3n) is 4.09. The van der Waals surface area contributed by atoms with Gasteiger partial charge in [0.25, 0.3) is 5.92 Å². The first-order valence-corrected chi connectivity index (χ1v) is 9.42. The Morgan fingerprint density at radius 2 is 1.74 bits per heavy atom. The van der Waals surface area contributed by atoms with E-state index in [0.29, 0.717) is 6.92 Å². The van der Waals surface area contributed by atoms with Crippen LogP contribution in [0.2, 0.25) is 0 Å². The summed E-state index contributed by atoms with van der Waals surface area (Å²) >= 11 is 0. The third-order valence-corrected chi connectivity index (χ3v) is 4.09. The van der Waals surface area contributed by atoms with E-state index in [4.69, 9.17) is 4.74 Å². The van der Waals surface area contributed by atoms with Gasteiger partial charge in [0.1, 0.15) is 12.5 Å². The number of alkyl halides is 4. The van der Waals surface area contributed by atoms with E-state index in [-0.39, 0.29) is 35.8 Å². The number of hydrogen-bond acceptors (Lipinski definition) is 4. The highest BCUT2D eigenvalue weighted by Crippen LogP contribution is 2.27. The van der Waals surface area contributed by atoms with E-state index in [9.17, 15) is 22.4 Å². The summed E-state index contributed by atoms with van der Waals surface area (Å²) < 4.78 is 62.4. The summed E-state index contributed by atoms with van der Waals surface area (Å²) in [6.45, 7) is 3.19. The molecule has 0 saturated heterocycles. The average molecular weight is 437 g/mol. The molecule has 0 aromatic heterocycles. The monoisotopic (exact) mass is 437 g/mol. The second-order valence-electron chi connectivity index (χ2n) is 6.89. The van der Waals surface area contributed by atoms with Crippen LogP contribution in [-0.2, 0) is 17.3 Å². The SMILES string of the molecule is C/C=C(\C=N/COCc1ccc(OC(C)(F)F)cc1)C(=O)c1cccc(C(C)(F)F)c1. The van der Waals surface area contributed by atoms with Crippen LogP contribution in [0.1, 0.15) is 42.3 Å². The largest absolute Gasteiger partial charge is 0.433 e. The van der Waals surface area contributed by atoms with Gasteiger partial charge in [0, 0.05) is 36.8 Å². The summed E-state index contributed by atoms with van der Waals surface area (Å²) in [6, 6.07) is 11.3. The smallest absolute Gasteiger partial charge is 0.394 e. The number of ketones is 1. The Kier molecular flexibility index (Phi) is 8.10. The lowest BCUT2D eigenvalue weighted by Gasteiger charge is -2.13. The first kappa shape index (κ1) is 24.3. The van der Waals surface area contributed by atoms with Crippen LogP contribution >= 0.6 is 0 Å². The Hall–Kier alpha value is -3.00. The van der Waals surface area contributed by atoms with Gasteiger partial charge in [-0.25, -0.2) is 8.78 Å². The van der Waals surface area contributed by atoms with Gasteiger partial charge in [-0.2, -0.15) is 8.78 Å². The van der Waals surface area contributed by atoms with Gasteiger partial charge in [-0.05, 0) is 30.7 Å². The number of rotatable bonds is 10. The molecule has 0 atom stereocenters. The molecule has 0 heterocycles. The maximum Gasteiger partial charge on any atom is 0.394 e. The van der Waals surface area contributed by atoms with Gasteiger partial charge >= 0.3 is 6.11 Å². The van der Waals surface area contributed by atoms with Crippen LogP contribution in [0.4, 0.5) is 17.6 Å². The Bertz CT molecular complexity index is 943. The van der Waals surface area contributed by atoms with Crippen molar-refractivity contribution in [1.29, 1.82) is 0 Å². The molecule has 0 bridgehead atoms. The predicted octanol–water partition coefficient (Wildman–Crippen LogP) is 6.16. The molecule has 0 radical (unpaired) electrons. The zero-order valence-corrected chi connectivity index (χ0v) is 17.4. The van der Waals surface area contributed by atoms with Crippen LogP contribution in [0.25, 0.3) is 0 Å². The van der Waals surface area contributed by atoms with Crippen LogP contribution < -0.4 is 4.74 Å². The number of halogens is 4. The molecule has 0 aliphatic rings. The van der Waals surface area contributed by atoms with Crippen molar-refractivity contribution in [3.05, 3.63) is 76.9 Å². The quantitative estimate of drug-likeness (QED) is 0.147. The Labute approximate surface area is 178 Å². The van der Waals surface area contributed by atoms with Crippen molar-refractivity contribution in [2.24, 2.45) is 4.99 Å². The minimum Gasteiger partial charge on any atom is -0.433 e. The molecule has 2 aromatic rings. The second-order valence-corrected chi connectivity index (χ2v) is 6.89. The van der Waals surface area contributed by atoms with Crippen molar-refractivity contribution in [3.63, 3.8) is 0 Å². The summed E-state index contributed by atoms with van der Waals surface area (Å²) in [6.07, 6.45) is -0.405. The zero-order chi connectivity index (χ0) is 23.1. The fourth-order valence-corrected chi connectivity index (χ4v) is 2.58. The van der Waals surface area contributed by atoms with Gasteiger partial charge in [0.05, 0.1) is 6.61 Å². The molecule has 31 heavy (non-hydrogen) atoms. The Balaban J connectivity index is 1.89. The van der Waals surface area contributed by atoms with Crippen molar-refractivity contribution in [1.82, 2.24) is 0 Å². The van der Waals surface area contributed by atoms with Crippen molar-refractivity contribution < 1.29 is 31.8 Å². The highest BCUT2D eigenvalue weighted by molar-refractivity contribution is 6.21. The molecule has 2 aromatic carbocycles. The standard InChI is InChI=1S/C23H23F4NO3/c1-4-17(21(29)18-6-5-7-19(12-18)22(2,24)25)13-28-15-30-14-16-8-10-20(11-9-16)31-23(3,26)27/h4-13H,14-15H2,1-3H3/b17-4+,28-13-. The number of benzene rings is 2. The number of ether oxygens (including phenoxy) is 2. The van der Waals surface area contributed by atoms with Crippen molar-refractivity contribution in [3.8, 4) is 5.75 Å². The molecule has 166 valence electrons. The first-order valence-electron chi connectivity index (χ1n) is 9.42. The number of carbonyl (C=O) groups is 1. The number of nitrogens with zero attached hydrogens (tertiary/aromatic N) is 1. The molecule has 0 aliphatic carbocycles. The molecule has 0 amide bonds. The van der Waals surface area contributed by atoms with E-state index in [2.05, 4.69) is 9.73 Å². The van der Waals surface area contributed by atoms with Gasteiger partial charge in [-0.15, -0.1) is 0 Å². The number of hydrogen-bond donors (Lipinski definition) is 0. The molecular formula is C23H23F4NO3. The van der Waals surface area contributed by atoms with Crippen molar-refractivity contribution >= 4 is 12.0 Å². The van der Waals surface area contributed by atoms with E-state index in [1.807, 2.05) is 0 Å². The Morgan fingerprint density at radius 1 is 1.06 bits per heavy atom. The van der Waals surface area contributed by atoms with Crippen LogP contribution in [0.15, 0.2) is 65.2 Å². The van der Waals surface area contributed by atoms with E-state index in [0.717, 1.165) is 18.6 Å². The minimum absolute atomic E-state index is 0.0374. The maximum absolute atomic E-state index is 13.5. The molecule has 4 nitrogen and oxygen atoms in total. The number of allylic oxidation sites excluding steroid dienone is 2. The average Bonchev–Trinajstić information content (AvgIpc) is 2.70. The van der Waals surface area contributed by atoms with Crippen LogP contribution in [0, 0.1) is 0 Å². The summed E-state index contributed by atoms with van der Waals surface area (Å²) in [7, 11) is 0. The van der Waals surface area contributed by atoms with Crippen molar-refractivity contribution in [2.45, 2.75) is 39.4 Å². The normalized spacial score (nSPS) is 12.9. The van der Waals surface area contributed by atoms with E-state index in [1.54, 1.807) is 19.1 Å². The topological polar surface area (TPSA) is 47.9 Å². The maximum atomic E-state index is 13.5. The summed E-state index contributed by atoms with van der Waals surface area (Å²) in [5, 5.41) is 0. The molecule has 0 unspecified atom stereocenters. The summed E-state index contributed by atoms with van der Waals surface area (Å²) in [5.74, 6) is -3.44. The molecule has 0 N–H and O–H groups in total. The summed E-state index contributed by atoms with van der Waals surface area (Å²) in [5.41, 5.74) is 0.858. The van der Waals surface area contributed by atoms with Crippen molar-refractivity contribution in [2.75, 3.05) is 6.73 Å². The van der Waals surface area contributed by atoms with Gasteiger partial charge < -0.3 is 9.47 Å².